The highest BCUT2D eigenvalue weighted by Gasteiger charge is 2.17. The molecular formula is C29H22N6O2. The standard InChI is InChI=1S/C29H22N6O2/c1-2-37-25-14-12-19-7-3-4-11-23(19)27(25)29(36)31-22-10-5-8-20(17-22)24-13-15-26-32-33-28(35(26)34-24)21-9-6-16-30-18-21/h3-18H,2H2,1H3,(H,31,36). The lowest BCUT2D eigenvalue weighted by Gasteiger charge is -2.14. The number of nitrogens with one attached hydrogen (secondary N) is 1. The molecular weight excluding hydrogens is 464 g/mol. The van der Waals surface area contributed by atoms with E-state index in [-0.39, 0.29) is 5.91 Å². The first-order valence-corrected chi connectivity index (χ1v) is 11.9. The van der Waals surface area contributed by atoms with E-state index in [1.807, 2.05) is 91.9 Å². The average Bonchev–Trinajstić information content (AvgIpc) is 3.37. The van der Waals surface area contributed by atoms with Crippen molar-refractivity contribution in [3.8, 4) is 28.4 Å². The Balaban J connectivity index is 1.35. The van der Waals surface area contributed by atoms with Gasteiger partial charge in [0.1, 0.15) is 5.75 Å². The molecule has 0 atom stereocenters. The molecule has 37 heavy (non-hydrogen) atoms. The maximum atomic E-state index is 13.5. The van der Waals surface area contributed by atoms with E-state index in [9.17, 15) is 4.79 Å². The molecule has 0 aliphatic rings. The van der Waals surface area contributed by atoms with Crippen molar-refractivity contribution in [2.75, 3.05) is 11.9 Å². The fourth-order valence-electron chi connectivity index (χ4n) is 4.33. The van der Waals surface area contributed by atoms with Crippen LogP contribution in [-0.4, -0.2) is 37.3 Å². The lowest BCUT2D eigenvalue weighted by molar-refractivity contribution is 0.102. The highest BCUT2D eigenvalue weighted by Crippen LogP contribution is 2.30. The lowest BCUT2D eigenvalue weighted by atomic mass is 10.0. The average molecular weight is 487 g/mol. The van der Waals surface area contributed by atoms with E-state index in [1.54, 1.807) is 16.9 Å². The molecule has 1 N–H and O–H groups in total. The third-order valence-electron chi connectivity index (χ3n) is 6.02. The predicted octanol–water partition coefficient (Wildman–Crippen LogP) is 5.66. The van der Waals surface area contributed by atoms with E-state index < -0.39 is 0 Å². The zero-order chi connectivity index (χ0) is 25.2. The molecule has 3 aromatic heterocycles. The number of carbonyl (C=O) groups excluding carboxylic acids is 1. The van der Waals surface area contributed by atoms with Crippen LogP contribution in [0.4, 0.5) is 5.69 Å². The largest absolute Gasteiger partial charge is 0.493 e. The summed E-state index contributed by atoms with van der Waals surface area (Å²) in [5.74, 6) is 0.921. The van der Waals surface area contributed by atoms with Gasteiger partial charge in [-0.15, -0.1) is 10.2 Å². The number of ether oxygens (including phenoxy) is 1. The molecule has 0 bridgehead atoms. The summed E-state index contributed by atoms with van der Waals surface area (Å²) < 4.78 is 7.48. The SMILES string of the molecule is CCOc1ccc2ccccc2c1C(=O)Nc1cccc(-c2ccc3nnc(-c4cccnc4)n3n2)c1. The Morgan fingerprint density at radius 1 is 0.919 bits per heavy atom. The molecule has 0 aliphatic heterocycles. The van der Waals surface area contributed by atoms with Gasteiger partial charge in [0.25, 0.3) is 5.91 Å². The minimum absolute atomic E-state index is 0.238. The van der Waals surface area contributed by atoms with E-state index in [0.717, 1.165) is 21.9 Å². The molecule has 8 heteroatoms. The molecule has 0 saturated carbocycles. The zero-order valence-corrected chi connectivity index (χ0v) is 20.0. The van der Waals surface area contributed by atoms with Gasteiger partial charge in [-0.2, -0.15) is 9.61 Å². The highest BCUT2D eigenvalue weighted by molar-refractivity contribution is 6.15. The summed E-state index contributed by atoms with van der Waals surface area (Å²) >= 11 is 0. The molecule has 6 rings (SSSR count). The third kappa shape index (κ3) is 4.25. The van der Waals surface area contributed by atoms with Crippen molar-refractivity contribution in [3.05, 3.63) is 103 Å². The maximum absolute atomic E-state index is 13.5. The molecule has 0 fully saturated rings. The van der Waals surface area contributed by atoms with Gasteiger partial charge in [0.2, 0.25) is 0 Å². The van der Waals surface area contributed by atoms with E-state index in [2.05, 4.69) is 20.5 Å². The summed E-state index contributed by atoms with van der Waals surface area (Å²) in [5.41, 5.74) is 4.17. The number of fused-ring (bicyclic) bond motifs is 2. The first kappa shape index (κ1) is 22.4. The predicted molar refractivity (Wildman–Crippen MR) is 143 cm³/mol. The Kier molecular flexibility index (Phi) is 5.74. The number of hydrogen-bond donors (Lipinski definition) is 1. The van der Waals surface area contributed by atoms with Crippen LogP contribution in [0.15, 0.2) is 97.3 Å². The van der Waals surface area contributed by atoms with Gasteiger partial charge in [-0.3, -0.25) is 9.78 Å². The summed E-state index contributed by atoms with van der Waals surface area (Å²) in [5, 5.41) is 18.1. The molecule has 0 spiro atoms. The molecule has 3 heterocycles. The monoisotopic (exact) mass is 486 g/mol. The number of pyridine rings is 1. The molecule has 6 aromatic rings. The molecule has 1 amide bonds. The second-order valence-corrected chi connectivity index (χ2v) is 8.38. The van der Waals surface area contributed by atoms with Crippen LogP contribution in [-0.2, 0) is 0 Å². The summed E-state index contributed by atoms with van der Waals surface area (Å²) in [6, 6.07) is 26.7. The topological polar surface area (TPSA) is 94.3 Å². The van der Waals surface area contributed by atoms with Crippen molar-refractivity contribution < 1.29 is 9.53 Å². The van der Waals surface area contributed by atoms with Crippen molar-refractivity contribution >= 4 is 28.0 Å². The Hall–Kier alpha value is -5.11. The van der Waals surface area contributed by atoms with Gasteiger partial charge < -0.3 is 10.1 Å². The number of carbonyl (C=O) groups is 1. The van der Waals surface area contributed by atoms with Crippen molar-refractivity contribution in [3.63, 3.8) is 0 Å². The number of hydrogen-bond acceptors (Lipinski definition) is 6. The van der Waals surface area contributed by atoms with Crippen molar-refractivity contribution in [1.29, 1.82) is 0 Å². The van der Waals surface area contributed by atoms with Crippen LogP contribution in [0, 0.1) is 0 Å². The van der Waals surface area contributed by atoms with Gasteiger partial charge in [-0.25, -0.2) is 0 Å². The van der Waals surface area contributed by atoms with E-state index in [4.69, 9.17) is 9.84 Å². The molecule has 0 saturated heterocycles. The van der Waals surface area contributed by atoms with Gasteiger partial charge in [0.05, 0.1) is 17.9 Å². The number of amides is 1. The van der Waals surface area contributed by atoms with Gasteiger partial charge >= 0.3 is 0 Å². The van der Waals surface area contributed by atoms with Crippen LogP contribution < -0.4 is 10.1 Å². The zero-order valence-electron chi connectivity index (χ0n) is 20.0. The third-order valence-corrected chi connectivity index (χ3v) is 6.02. The summed E-state index contributed by atoms with van der Waals surface area (Å²) in [7, 11) is 0. The van der Waals surface area contributed by atoms with E-state index in [0.29, 0.717) is 40.8 Å². The Morgan fingerprint density at radius 3 is 2.68 bits per heavy atom. The van der Waals surface area contributed by atoms with Crippen molar-refractivity contribution in [2.24, 2.45) is 0 Å². The number of anilines is 1. The molecule has 0 unspecified atom stereocenters. The van der Waals surface area contributed by atoms with E-state index in [1.165, 1.54) is 0 Å². The quantitative estimate of drug-likeness (QED) is 0.327. The highest BCUT2D eigenvalue weighted by atomic mass is 16.5. The van der Waals surface area contributed by atoms with Crippen LogP contribution >= 0.6 is 0 Å². The van der Waals surface area contributed by atoms with Crippen molar-refractivity contribution in [1.82, 2.24) is 24.8 Å². The second-order valence-electron chi connectivity index (χ2n) is 8.38. The minimum Gasteiger partial charge on any atom is -0.493 e. The first-order valence-electron chi connectivity index (χ1n) is 11.9. The molecule has 180 valence electrons. The number of nitrogens with zero attached hydrogens (tertiary/aromatic N) is 5. The molecule has 3 aromatic carbocycles. The lowest BCUT2D eigenvalue weighted by Crippen LogP contribution is -2.14. The Bertz CT molecular complexity index is 1750. The van der Waals surface area contributed by atoms with Gasteiger partial charge in [0.15, 0.2) is 11.5 Å². The van der Waals surface area contributed by atoms with Crippen LogP contribution in [0.2, 0.25) is 0 Å². The summed E-state index contributed by atoms with van der Waals surface area (Å²) in [6.45, 7) is 2.37. The van der Waals surface area contributed by atoms with Crippen LogP contribution in [0.25, 0.3) is 39.1 Å². The summed E-state index contributed by atoms with van der Waals surface area (Å²) in [4.78, 5) is 17.7. The second kappa shape index (κ2) is 9.50. The van der Waals surface area contributed by atoms with E-state index >= 15 is 0 Å². The van der Waals surface area contributed by atoms with Crippen molar-refractivity contribution in [2.45, 2.75) is 6.92 Å². The van der Waals surface area contributed by atoms with Crippen LogP contribution in [0.1, 0.15) is 17.3 Å². The Labute approximate surface area is 212 Å². The minimum atomic E-state index is -0.238. The number of rotatable bonds is 6. The fraction of sp³-hybridized carbons (Fsp3) is 0.0690. The number of benzene rings is 3. The molecule has 8 nitrogen and oxygen atoms in total. The molecule has 0 aliphatic carbocycles. The fourth-order valence-corrected chi connectivity index (χ4v) is 4.33. The smallest absolute Gasteiger partial charge is 0.260 e. The van der Waals surface area contributed by atoms with Crippen LogP contribution in [0.3, 0.4) is 0 Å². The molecule has 0 radical (unpaired) electrons. The van der Waals surface area contributed by atoms with Gasteiger partial charge in [-0.05, 0) is 60.2 Å². The number of aromatic nitrogens is 5. The van der Waals surface area contributed by atoms with Gasteiger partial charge in [0, 0.05) is 29.2 Å². The normalized spacial score (nSPS) is 11.1. The maximum Gasteiger partial charge on any atom is 0.260 e. The first-order chi connectivity index (χ1) is 18.2. The van der Waals surface area contributed by atoms with Crippen LogP contribution in [0.5, 0.6) is 5.75 Å². The van der Waals surface area contributed by atoms with Gasteiger partial charge in [-0.1, -0.05) is 42.5 Å². The Morgan fingerprint density at radius 2 is 1.81 bits per heavy atom. The summed E-state index contributed by atoms with van der Waals surface area (Å²) in [6.07, 6.45) is 3.44.